The highest BCUT2D eigenvalue weighted by Crippen LogP contribution is 2.03. The fourth-order valence-corrected chi connectivity index (χ4v) is 0.864. The van der Waals surface area contributed by atoms with Gasteiger partial charge in [-0.2, -0.15) is 0 Å². The minimum atomic E-state index is 0.267. The van der Waals surface area contributed by atoms with E-state index in [1.807, 2.05) is 6.26 Å². The van der Waals surface area contributed by atoms with E-state index in [1.165, 1.54) is 11.8 Å². The van der Waals surface area contributed by atoms with E-state index in [-0.39, 0.29) is 5.12 Å². The molecule has 0 atom stereocenters. The van der Waals surface area contributed by atoms with Crippen molar-refractivity contribution in [2.75, 3.05) is 12.8 Å². The van der Waals surface area contributed by atoms with Crippen LogP contribution in [0, 0.1) is 0 Å². The molecular formula is C6H13NOS. The molecule has 2 nitrogen and oxygen atoms in total. The lowest BCUT2D eigenvalue weighted by Crippen LogP contribution is -1.99. The first kappa shape index (κ1) is 8.98. The summed E-state index contributed by atoms with van der Waals surface area (Å²) in [6, 6.07) is 0. The number of carbonyl (C=O) groups is 1. The van der Waals surface area contributed by atoms with Crippen molar-refractivity contribution in [1.82, 2.24) is 0 Å². The number of rotatable bonds is 4. The van der Waals surface area contributed by atoms with Crippen molar-refractivity contribution in [1.29, 1.82) is 0 Å². The van der Waals surface area contributed by atoms with Gasteiger partial charge >= 0.3 is 0 Å². The van der Waals surface area contributed by atoms with Crippen LogP contribution < -0.4 is 5.73 Å². The SMILES string of the molecule is CSC(=O)CCCCN. The minimum absolute atomic E-state index is 0.267. The molecule has 0 aromatic heterocycles. The van der Waals surface area contributed by atoms with Gasteiger partial charge in [0.15, 0.2) is 5.12 Å². The van der Waals surface area contributed by atoms with Crippen LogP contribution in [0.1, 0.15) is 19.3 Å². The molecule has 0 rings (SSSR count). The van der Waals surface area contributed by atoms with Gasteiger partial charge in [-0.3, -0.25) is 4.79 Å². The predicted octanol–water partition coefficient (Wildman–Crippen LogP) is 1.01. The van der Waals surface area contributed by atoms with Crippen molar-refractivity contribution in [2.24, 2.45) is 5.73 Å². The molecular weight excluding hydrogens is 134 g/mol. The summed E-state index contributed by atoms with van der Waals surface area (Å²) < 4.78 is 0. The Kier molecular flexibility index (Phi) is 6.09. The maximum absolute atomic E-state index is 10.6. The molecule has 0 aliphatic carbocycles. The predicted molar refractivity (Wildman–Crippen MR) is 41.4 cm³/mol. The maximum Gasteiger partial charge on any atom is 0.188 e. The van der Waals surface area contributed by atoms with Gasteiger partial charge in [0.2, 0.25) is 0 Å². The summed E-state index contributed by atoms with van der Waals surface area (Å²) in [6.07, 6.45) is 4.39. The van der Waals surface area contributed by atoms with E-state index in [2.05, 4.69) is 0 Å². The standard InChI is InChI=1S/C6H13NOS/c1-9-6(8)4-2-3-5-7/h2-5,7H2,1H3. The van der Waals surface area contributed by atoms with Crippen molar-refractivity contribution in [3.63, 3.8) is 0 Å². The van der Waals surface area contributed by atoms with Gasteiger partial charge in [0, 0.05) is 6.42 Å². The Bertz CT molecular complexity index is 85.1. The second-order valence-corrected chi connectivity index (χ2v) is 2.69. The smallest absolute Gasteiger partial charge is 0.188 e. The lowest BCUT2D eigenvalue weighted by Gasteiger charge is -1.93. The van der Waals surface area contributed by atoms with Crippen LogP contribution in [0.5, 0.6) is 0 Å². The summed E-state index contributed by atoms with van der Waals surface area (Å²) in [4.78, 5) is 10.6. The molecule has 0 fully saturated rings. The van der Waals surface area contributed by atoms with Crippen LogP contribution in [0.15, 0.2) is 0 Å². The van der Waals surface area contributed by atoms with E-state index in [0.717, 1.165) is 12.8 Å². The summed E-state index contributed by atoms with van der Waals surface area (Å²) >= 11 is 1.30. The zero-order chi connectivity index (χ0) is 7.11. The molecule has 0 spiro atoms. The maximum atomic E-state index is 10.6. The highest BCUT2D eigenvalue weighted by Gasteiger charge is 1.95. The van der Waals surface area contributed by atoms with Gasteiger partial charge in [0.05, 0.1) is 0 Å². The van der Waals surface area contributed by atoms with Crippen molar-refractivity contribution >= 4 is 16.9 Å². The van der Waals surface area contributed by atoms with Crippen molar-refractivity contribution < 1.29 is 4.79 Å². The summed E-state index contributed by atoms with van der Waals surface area (Å²) in [7, 11) is 0. The van der Waals surface area contributed by atoms with Gasteiger partial charge in [-0.15, -0.1) is 0 Å². The minimum Gasteiger partial charge on any atom is -0.330 e. The Hall–Kier alpha value is -0.0200. The molecule has 0 bridgehead atoms. The topological polar surface area (TPSA) is 43.1 Å². The third kappa shape index (κ3) is 5.86. The Balaban J connectivity index is 2.97. The molecule has 0 saturated heterocycles. The van der Waals surface area contributed by atoms with Gasteiger partial charge in [0.1, 0.15) is 0 Å². The van der Waals surface area contributed by atoms with Gasteiger partial charge in [-0.1, -0.05) is 11.8 Å². The molecule has 9 heavy (non-hydrogen) atoms. The van der Waals surface area contributed by atoms with Gasteiger partial charge < -0.3 is 5.73 Å². The van der Waals surface area contributed by atoms with Gasteiger partial charge in [-0.25, -0.2) is 0 Å². The fraction of sp³-hybridized carbons (Fsp3) is 0.833. The molecule has 0 aliphatic heterocycles. The lowest BCUT2D eigenvalue weighted by atomic mass is 10.2. The number of nitrogens with two attached hydrogens (primary N) is 1. The average molecular weight is 147 g/mol. The normalized spacial score (nSPS) is 9.56. The third-order valence-electron chi connectivity index (χ3n) is 1.06. The Morgan fingerprint density at radius 1 is 1.56 bits per heavy atom. The molecule has 0 heterocycles. The van der Waals surface area contributed by atoms with E-state index in [4.69, 9.17) is 5.73 Å². The quantitative estimate of drug-likeness (QED) is 0.603. The lowest BCUT2D eigenvalue weighted by molar-refractivity contribution is -0.111. The molecule has 2 N–H and O–H groups in total. The Morgan fingerprint density at radius 2 is 2.22 bits per heavy atom. The van der Waals surface area contributed by atoms with Crippen LogP contribution in [0.4, 0.5) is 0 Å². The number of carbonyl (C=O) groups excluding carboxylic acids is 1. The highest BCUT2D eigenvalue weighted by molar-refractivity contribution is 8.13. The number of hydrogen-bond acceptors (Lipinski definition) is 3. The number of unbranched alkanes of at least 4 members (excludes halogenated alkanes) is 1. The molecule has 0 aliphatic rings. The van der Waals surface area contributed by atoms with Crippen LogP contribution in [0.3, 0.4) is 0 Å². The zero-order valence-electron chi connectivity index (χ0n) is 5.72. The second kappa shape index (κ2) is 6.11. The zero-order valence-corrected chi connectivity index (χ0v) is 6.54. The van der Waals surface area contributed by atoms with Crippen LogP contribution in [0.2, 0.25) is 0 Å². The van der Waals surface area contributed by atoms with Crippen LogP contribution >= 0.6 is 11.8 Å². The fourth-order valence-electron chi connectivity index (χ4n) is 0.516. The van der Waals surface area contributed by atoms with Crippen LogP contribution in [-0.4, -0.2) is 17.9 Å². The summed E-state index contributed by atoms with van der Waals surface area (Å²) in [5.74, 6) is 0. The molecule has 0 radical (unpaired) electrons. The van der Waals surface area contributed by atoms with Gasteiger partial charge in [-0.05, 0) is 25.6 Å². The number of hydrogen-bond donors (Lipinski definition) is 1. The van der Waals surface area contributed by atoms with Crippen molar-refractivity contribution in [3.8, 4) is 0 Å². The molecule has 0 aromatic rings. The molecule has 0 aromatic carbocycles. The molecule has 54 valence electrons. The molecule has 0 amide bonds. The summed E-state index contributed by atoms with van der Waals surface area (Å²) in [5.41, 5.74) is 5.24. The average Bonchev–Trinajstić information content (AvgIpc) is 1.89. The Labute approximate surface area is 60.2 Å². The van der Waals surface area contributed by atoms with E-state index >= 15 is 0 Å². The molecule has 0 saturated carbocycles. The van der Waals surface area contributed by atoms with E-state index in [0.29, 0.717) is 13.0 Å². The highest BCUT2D eigenvalue weighted by atomic mass is 32.2. The first-order valence-electron chi connectivity index (χ1n) is 3.08. The Morgan fingerprint density at radius 3 is 2.67 bits per heavy atom. The molecule has 0 unspecified atom stereocenters. The summed E-state index contributed by atoms with van der Waals surface area (Å²) in [6.45, 7) is 0.696. The van der Waals surface area contributed by atoms with Crippen molar-refractivity contribution in [3.05, 3.63) is 0 Å². The second-order valence-electron chi connectivity index (χ2n) is 1.82. The first-order chi connectivity index (χ1) is 4.31. The first-order valence-corrected chi connectivity index (χ1v) is 4.30. The summed E-state index contributed by atoms with van der Waals surface area (Å²) in [5, 5.41) is 0.267. The largest absolute Gasteiger partial charge is 0.330 e. The number of thioether (sulfide) groups is 1. The van der Waals surface area contributed by atoms with Crippen LogP contribution in [0.25, 0.3) is 0 Å². The third-order valence-corrected chi connectivity index (χ3v) is 1.72. The van der Waals surface area contributed by atoms with Crippen molar-refractivity contribution in [2.45, 2.75) is 19.3 Å². The van der Waals surface area contributed by atoms with E-state index in [9.17, 15) is 4.79 Å². The monoisotopic (exact) mass is 147 g/mol. The van der Waals surface area contributed by atoms with E-state index in [1.54, 1.807) is 0 Å². The molecule has 3 heteroatoms. The van der Waals surface area contributed by atoms with E-state index < -0.39 is 0 Å². The van der Waals surface area contributed by atoms with Crippen LogP contribution in [-0.2, 0) is 4.79 Å². The van der Waals surface area contributed by atoms with Gasteiger partial charge in [0.25, 0.3) is 0 Å².